The Morgan fingerprint density at radius 3 is 2.60 bits per heavy atom. The van der Waals surface area contributed by atoms with Crippen LogP contribution in [0.1, 0.15) is 18.9 Å². The zero-order valence-corrected chi connectivity index (χ0v) is 12.4. The zero-order valence-electron chi connectivity index (χ0n) is 12.4. The first-order chi connectivity index (χ1) is 9.65. The van der Waals surface area contributed by atoms with Crippen LogP contribution in [-0.2, 0) is 6.42 Å². The van der Waals surface area contributed by atoms with Gasteiger partial charge in [0.1, 0.15) is 5.82 Å². The lowest BCUT2D eigenvalue weighted by Gasteiger charge is -2.16. The van der Waals surface area contributed by atoms with Crippen LogP contribution >= 0.6 is 0 Å². The van der Waals surface area contributed by atoms with Crippen LogP contribution in [0.4, 0.5) is 11.8 Å². The monoisotopic (exact) mass is 270 g/mol. The van der Waals surface area contributed by atoms with E-state index in [4.69, 9.17) is 0 Å². The maximum absolute atomic E-state index is 4.47. The van der Waals surface area contributed by atoms with E-state index in [-0.39, 0.29) is 0 Å². The van der Waals surface area contributed by atoms with Gasteiger partial charge in [0.25, 0.3) is 0 Å². The van der Waals surface area contributed by atoms with Crippen molar-refractivity contribution in [2.24, 2.45) is 0 Å². The first-order valence-electron chi connectivity index (χ1n) is 6.96. The normalized spacial score (nSPS) is 11.9. The highest BCUT2D eigenvalue weighted by Gasteiger charge is 2.06. The summed E-state index contributed by atoms with van der Waals surface area (Å²) in [5.41, 5.74) is 1.36. The van der Waals surface area contributed by atoms with E-state index in [0.29, 0.717) is 12.0 Å². The highest BCUT2D eigenvalue weighted by Crippen LogP contribution is 2.11. The number of hydrogen-bond donors (Lipinski definition) is 1. The van der Waals surface area contributed by atoms with Gasteiger partial charge in [0.2, 0.25) is 5.95 Å². The number of nitrogens with zero attached hydrogens (tertiary/aromatic N) is 3. The predicted octanol–water partition coefficient (Wildman–Crippen LogP) is 2.98. The van der Waals surface area contributed by atoms with E-state index in [0.717, 1.165) is 18.7 Å². The molecule has 1 N–H and O–H groups in total. The summed E-state index contributed by atoms with van der Waals surface area (Å²) in [5, 5.41) is 3.36. The van der Waals surface area contributed by atoms with E-state index >= 15 is 0 Å². The van der Waals surface area contributed by atoms with Gasteiger partial charge in [0, 0.05) is 26.3 Å². The van der Waals surface area contributed by atoms with Crippen LogP contribution in [0.15, 0.2) is 42.6 Å². The molecule has 1 atom stereocenters. The Morgan fingerprint density at radius 2 is 1.90 bits per heavy atom. The first-order valence-corrected chi connectivity index (χ1v) is 6.96. The molecular formula is C16H22N4. The second-order valence-corrected chi connectivity index (χ2v) is 5.20. The van der Waals surface area contributed by atoms with Gasteiger partial charge >= 0.3 is 0 Å². The van der Waals surface area contributed by atoms with Crippen LogP contribution < -0.4 is 10.2 Å². The Balaban J connectivity index is 1.88. The van der Waals surface area contributed by atoms with E-state index in [9.17, 15) is 0 Å². The third-order valence-electron chi connectivity index (χ3n) is 3.18. The van der Waals surface area contributed by atoms with Gasteiger partial charge in [-0.2, -0.15) is 4.98 Å². The van der Waals surface area contributed by atoms with Gasteiger partial charge in [-0.05, 0) is 31.4 Å². The maximum Gasteiger partial charge on any atom is 0.224 e. The van der Waals surface area contributed by atoms with Crippen LogP contribution in [0.5, 0.6) is 0 Å². The topological polar surface area (TPSA) is 41.1 Å². The summed E-state index contributed by atoms with van der Waals surface area (Å²) in [6.45, 7) is 2.16. The Hall–Kier alpha value is -2.10. The molecule has 1 unspecified atom stereocenters. The molecule has 0 saturated heterocycles. The fraction of sp³-hybridized carbons (Fsp3) is 0.375. The van der Waals surface area contributed by atoms with Crippen molar-refractivity contribution in [3.63, 3.8) is 0 Å². The fourth-order valence-electron chi connectivity index (χ4n) is 1.99. The van der Waals surface area contributed by atoms with Crippen molar-refractivity contribution < 1.29 is 0 Å². The molecule has 2 rings (SSSR count). The molecule has 0 amide bonds. The molecule has 0 saturated carbocycles. The average molecular weight is 270 g/mol. The molecule has 2 aromatic rings. The largest absolute Gasteiger partial charge is 0.363 e. The number of aromatic nitrogens is 2. The Labute approximate surface area is 120 Å². The Bertz CT molecular complexity index is 525. The molecule has 0 aliphatic rings. The third kappa shape index (κ3) is 4.23. The molecule has 0 radical (unpaired) electrons. The van der Waals surface area contributed by atoms with E-state index < -0.39 is 0 Å². The van der Waals surface area contributed by atoms with Crippen LogP contribution in [0.2, 0.25) is 0 Å². The molecule has 0 fully saturated rings. The molecule has 4 heteroatoms. The molecule has 1 heterocycles. The summed E-state index contributed by atoms with van der Waals surface area (Å²) >= 11 is 0. The van der Waals surface area contributed by atoms with Crippen molar-refractivity contribution in [3.8, 4) is 0 Å². The predicted molar refractivity (Wildman–Crippen MR) is 84.2 cm³/mol. The van der Waals surface area contributed by atoms with E-state index in [1.54, 1.807) is 6.20 Å². The molecule has 106 valence electrons. The van der Waals surface area contributed by atoms with Gasteiger partial charge in [0.05, 0.1) is 0 Å². The Kier molecular flexibility index (Phi) is 4.93. The molecular weight excluding hydrogens is 248 g/mol. The van der Waals surface area contributed by atoms with Gasteiger partial charge in [-0.15, -0.1) is 0 Å². The summed E-state index contributed by atoms with van der Waals surface area (Å²) in [6, 6.07) is 12.8. The van der Waals surface area contributed by atoms with Gasteiger partial charge in [-0.3, -0.25) is 0 Å². The van der Waals surface area contributed by atoms with Crippen molar-refractivity contribution in [1.29, 1.82) is 0 Å². The van der Waals surface area contributed by atoms with E-state index in [2.05, 4.69) is 46.5 Å². The Morgan fingerprint density at radius 1 is 1.15 bits per heavy atom. The number of benzene rings is 1. The second kappa shape index (κ2) is 6.89. The van der Waals surface area contributed by atoms with E-state index in [1.165, 1.54) is 5.56 Å². The molecule has 0 aliphatic carbocycles. The SMILES string of the molecule is CC(CCc1ccccc1)Nc1nccc(N(C)C)n1. The lowest BCUT2D eigenvalue weighted by atomic mass is 10.1. The molecule has 4 nitrogen and oxygen atoms in total. The van der Waals surface area contributed by atoms with E-state index in [1.807, 2.05) is 31.1 Å². The number of aryl methyl sites for hydroxylation is 1. The summed E-state index contributed by atoms with van der Waals surface area (Å²) < 4.78 is 0. The lowest BCUT2D eigenvalue weighted by Crippen LogP contribution is -2.19. The smallest absolute Gasteiger partial charge is 0.224 e. The minimum Gasteiger partial charge on any atom is -0.363 e. The third-order valence-corrected chi connectivity index (χ3v) is 3.18. The summed E-state index contributed by atoms with van der Waals surface area (Å²) in [7, 11) is 3.95. The van der Waals surface area contributed by atoms with Crippen molar-refractivity contribution in [2.75, 3.05) is 24.3 Å². The molecule has 1 aromatic carbocycles. The zero-order chi connectivity index (χ0) is 14.4. The minimum absolute atomic E-state index is 0.340. The highest BCUT2D eigenvalue weighted by atomic mass is 15.2. The van der Waals surface area contributed by atoms with Crippen LogP contribution in [0, 0.1) is 0 Å². The van der Waals surface area contributed by atoms with Crippen LogP contribution in [-0.4, -0.2) is 30.1 Å². The maximum atomic E-state index is 4.47. The highest BCUT2D eigenvalue weighted by molar-refractivity contribution is 5.41. The van der Waals surface area contributed by atoms with Crippen molar-refractivity contribution in [2.45, 2.75) is 25.8 Å². The number of anilines is 2. The van der Waals surface area contributed by atoms with Crippen molar-refractivity contribution in [1.82, 2.24) is 9.97 Å². The molecule has 0 aliphatic heterocycles. The average Bonchev–Trinajstić information content (AvgIpc) is 2.46. The van der Waals surface area contributed by atoms with Crippen molar-refractivity contribution in [3.05, 3.63) is 48.2 Å². The van der Waals surface area contributed by atoms with Gasteiger partial charge in [-0.1, -0.05) is 30.3 Å². The van der Waals surface area contributed by atoms with Crippen LogP contribution in [0.3, 0.4) is 0 Å². The quantitative estimate of drug-likeness (QED) is 0.876. The molecule has 1 aromatic heterocycles. The summed E-state index contributed by atoms with van der Waals surface area (Å²) in [5.74, 6) is 1.61. The molecule has 20 heavy (non-hydrogen) atoms. The standard InChI is InChI=1S/C16H22N4/c1-13(9-10-14-7-5-4-6-8-14)18-16-17-12-11-15(19-16)20(2)3/h4-8,11-13H,9-10H2,1-3H3,(H,17,18,19). The number of hydrogen-bond acceptors (Lipinski definition) is 4. The summed E-state index contributed by atoms with van der Waals surface area (Å²) in [4.78, 5) is 10.7. The van der Waals surface area contributed by atoms with Gasteiger partial charge in [0.15, 0.2) is 0 Å². The molecule has 0 bridgehead atoms. The number of nitrogens with one attached hydrogen (secondary N) is 1. The van der Waals surface area contributed by atoms with Crippen molar-refractivity contribution >= 4 is 11.8 Å². The second-order valence-electron chi connectivity index (χ2n) is 5.20. The fourth-order valence-corrected chi connectivity index (χ4v) is 1.99. The number of rotatable bonds is 6. The van der Waals surface area contributed by atoms with Crippen LogP contribution in [0.25, 0.3) is 0 Å². The summed E-state index contributed by atoms with van der Waals surface area (Å²) in [6.07, 6.45) is 3.90. The molecule has 0 spiro atoms. The van der Waals surface area contributed by atoms with Gasteiger partial charge < -0.3 is 10.2 Å². The van der Waals surface area contributed by atoms with Gasteiger partial charge in [-0.25, -0.2) is 4.98 Å². The minimum atomic E-state index is 0.340. The lowest BCUT2D eigenvalue weighted by molar-refractivity contribution is 0.698. The first kappa shape index (κ1) is 14.3.